The van der Waals surface area contributed by atoms with Crippen molar-refractivity contribution in [2.45, 2.75) is 77.0 Å². The maximum atomic E-state index is 2.35. The molecule has 0 radical (unpaired) electrons. The Labute approximate surface area is 204 Å². The van der Waals surface area contributed by atoms with Crippen LogP contribution in [0.25, 0.3) is 0 Å². The summed E-state index contributed by atoms with van der Waals surface area (Å²) in [5, 5.41) is 0. The molecule has 0 aliphatic heterocycles. The molecule has 0 nitrogen and oxygen atoms in total. The molecule has 2 aliphatic rings. The van der Waals surface area contributed by atoms with Gasteiger partial charge in [0.25, 0.3) is 0 Å². The van der Waals surface area contributed by atoms with Gasteiger partial charge in [0, 0.05) is 0 Å². The topological polar surface area (TPSA) is 0 Å². The summed E-state index contributed by atoms with van der Waals surface area (Å²) in [7, 11) is 0. The number of hydrogen-bond donors (Lipinski definition) is 0. The van der Waals surface area contributed by atoms with Gasteiger partial charge in [-0.3, -0.25) is 0 Å². The Hall–Kier alpha value is 0.380. The minimum absolute atomic E-state index is 0. The van der Waals surface area contributed by atoms with E-state index in [0.717, 1.165) is 0 Å². The average Bonchev–Trinajstić information content (AvgIpc) is 3.19. The maximum absolute atomic E-state index is 2.35. The first-order chi connectivity index (χ1) is 11.4. The fourth-order valence-electron chi connectivity index (χ4n) is 4.38. The van der Waals surface area contributed by atoms with Crippen molar-refractivity contribution in [1.29, 1.82) is 0 Å². The van der Waals surface area contributed by atoms with Crippen LogP contribution in [0.3, 0.4) is 0 Å². The van der Waals surface area contributed by atoms with E-state index in [9.17, 15) is 0 Å². The van der Waals surface area contributed by atoms with E-state index in [-0.39, 0.29) is 39.7 Å². The number of fused-ring (bicyclic) bond motifs is 2. The molecule has 162 valence electrons. The zero-order chi connectivity index (χ0) is 17.8. The molecule has 28 heavy (non-hydrogen) atoms. The van der Waals surface area contributed by atoms with E-state index in [0.29, 0.717) is 10.8 Å². The fraction of sp³-hybridized carbons (Fsp3) is 0.500. The van der Waals surface area contributed by atoms with Gasteiger partial charge in [-0.15, -0.1) is 24.8 Å². The molecule has 0 N–H and O–H groups in total. The molecule has 4 rings (SSSR count). The van der Waals surface area contributed by atoms with E-state index < -0.39 is 0 Å². The molecular weight excluding hydrogens is 478 g/mol. The van der Waals surface area contributed by atoms with Gasteiger partial charge in [0.2, 0.25) is 0 Å². The molecule has 0 saturated carbocycles. The minimum atomic E-state index is 0. The summed E-state index contributed by atoms with van der Waals surface area (Å²) in [6.07, 6.45) is 8.03. The second-order valence-electron chi connectivity index (χ2n) is 8.40. The Kier molecular flexibility index (Phi) is 17.0. The van der Waals surface area contributed by atoms with Crippen LogP contribution in [-0.2, 0) is 47.0 Å². The summed E-state index contributed by atoms with van der Waals surface area (Å²) in [5.74, 6) is 0. The molecule has 0 saturated heterocycles. The number of halogens is 2. The van der Waals surface area contributed by atoms with E-state index >= 15 is 0 Å². The van der Waals surface area contributed by atoms with Crippen LogP contribution in [0.5, 0.6) is 0 Å². The van der Waals surface area contributed by atoms with Gasteiger partial charge in [-0.05, 0) is 0 Å². The van der Waals surface area contributed by atoms with E-state index in [1.165, 1.54) is 38.5 Å². The van der Waals surface area contributed by atoms with Crippen LogP contribution in [0.15, 0.2) is 36.4 Å². The van der Waals surface area contributed by atoms with Gasteiger partial charge in [0.15, 0.2) is 0 Å². The summed E-state index contributed by atoms with van der Waals surface area (Å²) in [6.45, 7) is 11.4. The van der Waals surface area contributed by atoms with Gasteiger partial charge in [0.1, 0.15) is 0 Å². The second-order valence-corrected chi connectivity index (χ2v) is 8.40. The molecule has 4 heteroatoms. The van der Waals surface area contributed by atoms with Crippen LogP contribution in [-0.4, -0.2) is 6.88 Å². The third kappa shape index (κ3) is 7.90. The Morgan fingerprint density at radius 2 is 1.07 bits per heavy atom. The predicted molar refractivity (Wildman–Crippen MR) is 132 cm³/mol. The first kappa shape index (κ1) is 33.0. The van der Waals surface area contributed by atoms with Crippen molar-refractivity contribution in [3.8, 4) is 0 Å². The summed E-state index contributed by atoms with van der Waals surface area (Å²) in [6, 6.07) is 13.5. The van der Waals surface area contributed by atoms with Crippen molar-refractivity contribution in [2.24, 2.45) is 0 Å². The van der Waals surface area contributed by atoms with Gasteiger partial charge in [-0.25, -0.2) is 12.1 Å². The van der Waals surface area contributed by atoms with E-state index in [1.54, 1.807) is 45.6 Å². The Morgan fingerprint density at radius 1 is 0.750 bits per heavy atom. The third-order valence-corrected chi connectivity index (χ3v) is 5.77. The van der Waals surface area contributed by atoms with Crippen LogP contribution in [0, 0.1) is 14.9 Å². The zero-order valence-electron chi connectivity index (χ0n) is 18.7. The molecule has 0 amide bonds. The Balaban J connectivity index is -0.000000363. The first-order valence-corrected chi connectivity index (χ1v) is 15.2. The van der Waals surface area contributed by atoms with Gasteiger partial charge in [0.05, 0.1) is 0 Å². The standard InChI is InChI=1S/2C11H15.2CH3.2ClH.H2Si.Zr/c2*1-11(2)8-4-6-9-5-3-7-10(9)11;;;;;;/h2*3,5,7H,4,6,8H2,1-2H3;2*1H3;2*1H;1H2;/q4*-1;;;;. The first-order valence-electron chi connectivity index (χ1n) is 9.26. The molecule has 2 aromatic carbocycles. The summed E-state index contributed by atoms with van der Waals surface area (Å²) in [5.41, 5.74) is 7.23. The van der Waals surface area contributed by atoms with E-state index in [4.69, 9.17) is 0 Å². The summed E-state index contributed by atoms with van der Waals surface area (Å²) in [4.78, 5) is 0. The quantitative estimate of drug-likeness (QED) is 0.264. The Bertz CT molecular complexity index is 599. The molecule has 0 atom stereocenters. The van der Waals surface area contributed by atoms with E-state index in [2.05, 4.69) is 64.1 Å². The van der Waals surface area contributed by atoms with Crippen molar-refractivity contribution in [3.63, 3.8) is 0 Å². The van der Waals surface area contributed by atoms with Crippen LogP contribution in [0.1, 0.15) is 75.6 Å². The van der Waals surface area contributed by atoms with Crippen molar-refractivity contribution in [2.75, 3.05) is 0 Å². The van der Waals surface area contributed by atoms with Gasteiger partial charge >= 0.3 is 30.2 Å². The van der Waals surface area contributed by atoms with Crippen LogP contribution < -0.4 is 0 Å². The van der Waals surface area contributed by atoms with Crippen molar-refractivity contribution in [3.05, 3.63) is 73.5 Å². The SMILES string of the molecule is CC1(C)CCCc2[cH-]ccc21.CC1(C)CCCc2[cH-]ccc21.Cl.Cl.[CH3-].[CH3-].[SiH2]=[Zr]. The number of rotatable bonds is 0. The average molecular weight is 519 g/mol. The summed E-state index contributed by atoms with van der Waals surface area (Å²) < 4.78 is 0. The van der Waals surface area contributed by atoms with Crippen molar-refractivity contribution >= 4 is 31.7 Å². The molecule has 0 fully saturated rings. The van der Waals surface area contributed by atoms with Gasteiger partial charge in [-0.1, -0.05) is 77.0 Å². The van der Waals surface area contributed by atoms with Crippen molar-refractivity contribution in [1.82, 2.24) is 0 Å². The predicted octanol–water partition coefficient (Wildman–Crippen LogP) is 6.86. The normalized spacial score (nSPS) is 16.8. The van der Waals surface area contributed by atoms with Gasteiger partial charge in [-0.2, -0.15) is 46.5 Å². The molecule has 2 aliphatic carbocycles. The molecule has 2 aromatic rings. The molecule has 0 unspecified atom stereocenters. The van der Waals surface area contributed by atoms with Crippen molar-refractivity contribution < 1.29 is 23.3 Å². The fourth-order valence-corrected chi connectivity index (χ4v) is 4.38. The Morgan fingerprint density at radius 3 is 1.36 bits per heavy atom. The third-order valence-electron chi connectivity index (χ3n) is 5.77. The second kappa shape index (κ2) is 14.4. The summed E-state index contributed by atoms with van der Waals surface area (Å²) >= 11 is 1.58. The molecule has 0 spiro atoms. The van der Waals surface area contributed by atoms with Crippen LogP contribution in [0.4, 0.5) is 0 Å². The van der Waals surface area contributed by atoms with E-state index in [1.807, 2.05) is 6.88 Å². The molecule has 0 aromatic heterocycles. The number of hydrogen-bond acceptors (Lipinski definition) is 0. The molecule has 0 bridgehead atoms. The van der Waals surface area contributed by atoms with Crippen LogP contribution in [0.2, 0.25) is 0 Å². The molecule has 0 heterocycles. The zero-order valence-corrected chi connectivity index (χ0v) is 24.2. The monoisotopic (exact) mass is 516 g/mol. The number of aryl methyl sites for hydroxylation is 2. The molecular formula is C24H40Cl2SiZr-4. The van der Waals surface area contributed by atoms with Gasteiger partial charge < -0.3 is 14.9 Å². The van der Waals surface area contributed by atoms with Crippen LogP contribution >= 0.6 is 24.8 Å².